The average Bonchev–Trinajstić information content (AvgIpc) is 3.14. The predicted molar refractivity (Wildman–Crippen MR) is 59.4 cm³/mol. The first-order chi connectivity index (χ1) is 7.84. The van der Waals surface area contributed by atoms with Crippen LogP contribution in [0.5, 0.6) is 0 Å². The lowest BCUT2D eigenvalue weighted by Crippen LogP contribution is -2.09. The van der Waals surface area contributed by atoms with E-state index >= 15 is 0 Å². The summed E-state index contributed by atoms with van der Waals surface area (Å²) in [6.45, 7) is 3.26. The van der Waals surface area contributed by atoms with Crippen molar-refractivity contribution in [2.24, 2.45) is 0 Å². The summed E-state index contributed by atoms with van der Waals surface area (Å²) in [5.41, 5.74) is 0. The van der Waals surface area contributed by atoms with E-state index in [0.717, 1.165) is 39.3 Å². The van der Waals surface area contributed by atoms with Crippen molar-refractivity contribution in [2.45, 2.75) is 50.4 Å². The smallest absolute Gasteiger partial charge is 0.104 e. The third-order valence-electron chi connectivity index (χ3n) is 2.99. The Bertz CT molecular complexity index is 171. The number of hydrogen-bond donors (Lipinski definition) is 1. The Morgan fingerprint density at radius 1 is 0.938 bits per heavy atom. The van der Waals surface area contributed by atoms with Gasteiger partial charge in [0.15, 0.2) is 0 Å². The molecular weight excluding hydrogens is 208 g/mol. The molecule has 1 saturated carbocycles. The molecule has 0 bridgehead atoms. The van der Waals surface area contributed by atoms with E-state index in [2.05, 4.69) is 0 Å². The van der Waals surface area contributed by atoms with Gasteiger partial charge >= 0.3 is 0 Å². The van der Waals surface area contributed by atoms with Gasteiger partial charge in [-0.25, -0.2) is 0 Å². The zero-order valence-electron chi connectivity index (χ0n) is 9.77. The monoisotopic (exact) mass is 230 g/mol. The van der Waals surface area contributed by atoms with Crippen molar-refractivity contribution in [1.29, 1.82) is 0 Å². The number of rotatable bonds is 4. The number of epoxide rings is 2. The van der Waals surface area contributed by atoms with E-state index in [1.54, 1.807) is 0 Å². The third-order valence-corrected chi connectivity index (χ3v) is 2.99. The van der Waals surface area contributed by atoms with Gasteiger partial charge in [-0.1, -0.05) is 19.3 Å². The summed E-state index contributed by atoms with van der Waals surface area (Å²) >= 11 is 0. The molecular formula is C12H22O4. The van der Waals surface area contributed by atoms with Crippen LogP contribution in [0.25, 0.3) is 0 Å². The van der Waals surface area contributed by atoms with Crippen molar-refractivity contribution >= 4 is 0 Å². The topological polar surface area (TPSA) is 54.5 Å². The first-order valence-electron chi connectivity index (χ1n) is 6.33. The van der Waals surface area contributed by atoms with Crippen LogP contribution in [-0.2, 0) is 14.2 Å². The molecule has 2 saturated heterocycles. The molecule has 4 nitrogen and oxygen atoms in total. The maximum atomic E-state index is 8.91. The van der Waals surface area contributed by atoms with Crippen LogP contribution in [0.4, 0.5) is 0 Å². The standard InChI is InChI=1S/C6H10O3.C6H12O/c1(5-3-8-5)7-2-6-4-9-6;7-6-4-2-1-3-5-6/h5-6H,1-4H2;6-7H,1-5H2. The van der Waals surface area contributed by atoms with Crippen molar-refractivity contribution in [2.75, 3.05) is 26.4 Å². The van der Waals surface area contributed by atoms with Crippen molar-refractivity contribution in [3.63, 3.8) is 0 Å². The molecule has 0 aromatic rings. The highest BCUT2D eigenvalue weighted by molar-refractivity contribution is 4.71. The summed E-state index contributed by atoms with van der Waals surface area (Å²) in [6, 6.07) is 0. The molecule has 2 atom stereocenters. The van der Waals surface area contributed by atoms with Crippen molar-refractivity contribution < 1.29 is 19.3 Å². The number of aliphatic hydroxyl groups excluding tert-OH is 1. The molecule has 1 aliphatic carbocycles. The quantitative estimate of drug-likeness (QED) is 0.735. The van der Waals surface area contributed by atoms with Gasteiger partial charge in [0.1, 0.15) is 12.2 Å². The minimum atomic E-state index is 0.0359. The molecule has 4 heteroatoms. The van der Waals surface area contributed by atoms with Crippen LogP contribution in [0, 0.1) is 0 Å². The predicted octanol–water partition coefficient (Wildman–Crippen LogP) is 1.11. The second kappa shape index (κ2) is 6.55. The Labute approximate surface area is 96.9 Å². The minimum absolute atomic E-state index is 0.0359. The van der Waals surface area contributed by atoms with Crippen LogP contribution in [0.1, 0.15) is 32.1 Å². The van der Waals surface area contributed by atoms with Crippen LogP contribution in [-0.4, -0.2) is 49.8 Å². The maximum Gasteiger partial charge on any atom is 0.104 e. The molecule has 0 aromatic heterocycles. The van der Waals surface area contributed by atoms with Crippen LogP contribution < -0.4 is 0 Å². The summed E-state index contributed by atoms with van der Waals surface area (Å²) in [7, 11) is 0. The Balaban J connectivity index is 0.000000125. The normalized spacial score (nSPS) is 32.8. The first kappa shape index (κ1) is 12.3. The number of hydrogen-bond acceptors (Lipinski definition) is 4. The zero-order chi connectivity index (χ0) is 11.2. The van der Waals surface area contributed by atoms with E-state index < -0.39 is 0 Å². The number of aliphatic hydroxyl groups is 1. The minimum Gasteiger partial charge on any atom is -0.393 e. The van der Waals surface area contributed by atoms with E-state index in [0.29, 0.717) is 12.2 Å². The van der Waals surface area contributed by atoms with E-state index in [-0.39, 0.29) is 6.10 Å². The van der Waals surface area contributed by atoms with E-state index in [1.165, 1.54) is 19.3 Å². The van der Waals surface area contributed by atoms with Crippen LogP contribution >= 0.6 is 0 Å². The molecule has 1 N–H and O–H groups in total. The highest BCUT2D eigenvalue weighted by atomic mass is 16.6. The molecule has 94 valence electrons. The summed E-state index contributed by atoms with van der Waals surface area (Å²) < 4.78 is 15.1. The highest BCUT2D eigenvalue weighted by Crippen LogP contribution is 2.16. The fourth-order valence-corrected chi connectivity index (χ4v) is 1.74. The fourth-order valence-electron chi connectivity index (χ4n) is 1.74. The lowest BCUT2D eigenvalue weighted by atomic mass is 9.98. The molecule has 0 radical (unpaired) electrons. The summed E-state index contributed by atoms with van der Waals surface area (Å²) in [5, 5.41) is 8.91. The van der Waals surface area contributed by atoms with E-state index in [4.69, 9.17) is 19.3 Å². The molecule has 2 heterocycles. The molecule has 0 amide bonds. The first-order valence-corrected chi connectivity index (χ1v) is 6.33. The van der Waals surface area contributed by atoms with Gasteiger partial charge in [-0.05, 0) is 12.8 Å². The Kier molecular flexibility index (Phi) is 5.03. The van der Waals surface area contributed by atoms with Gasteiger partial charge in [0.05, 0.1) is 32.5 Å². The summed E-state index contributed by atoms with van der Waals surface area (Å²) in [5.74, 6) is 0. The Hall–Kier alpha value is -0.160. The van der Waals surface area contributed by atoms with Gasteiger partial charge in [0.2, 0.25) is 0 Å². The van der Waals surface area contributed by atoms with Gasteiger partial charge < -0.3 is 19.3 Å². The average molecular weight is 230 g/mol. The lowest BCUT2D eigenvalue weighted by molar-refractivity contribution is 0.102. The van der Waals surface area contributed by atoms with Crippen molar-refractivity contribution in [1.82, 2.24) is 0 Å². The fraction of sp³-hybridized carbons (Fsp3) is 1.00. The van der Waals surface area contributed by atoms with Crippen LogP contribution in [0.15, 0.2) is 0 Å². The van der Waals surface area contributed by atoms with E-state index in [9.17, 15) is 0 Å². The van der Waals surface area contributed by atoms with Gasteiger partial charge in [-0.2, -0.15) is 0 Å². The second-order valence-corrected chi connectivity index (χ2v) is 4.74. The Morgan fingerprint density at radius 2 is 1.44 bits per heavy atom. The molecule has 0 spiro atoms. The van der Waals surface area contributed by atoms with Crippen LogP contribution in [0.2, 0.25) is 0 Å². The lowest BCUT2D eigenvalue weighted by Gasteiger charge is -2.14. The van der Waals surface area contributed by atoms with Crippen molar-refractivity contribution in [3.8, 4) is 0 Å². The molecule has 3 rings (SSSR count). The molecule has 3 aliphatic rings. The van der Waals surface area contributed by atoms with E-state index in [1.807, 2.05) is 0 Å². The van der Waals surface area contributed by atoms with Gasteiger partial charge in [0.25, 0.3) is 0 Å². The summed E-state index contributed by atoms with van der Waals surface area (Å²) in [4.78, 5) is 0. The van der Waals surface area contributed by atoms with Crippen molar-refractivity contribution in [3.05, 3.63) is 0 Å². The van der Waals surface area contributed by atoms with Gasteiger partial charge in [-0.15, -0.1) is 0 Å². The largest absolute Gasteiger partial charge is 0.393 e. The second-order valence-electron chi connectivity index (χ2n) is 4.74. The summed E-state index contributed by atoms with van der Waals surface area (Å²) in [6.07, 6.45) is 6.71. The van der Waals surface area contributed by atoms with Crippen LogP contribution in [0.3, 0.4) is 0 Å². The molecule has 16 heavy (non-hydrogen) atoms. The number of ether oxygens (including phenoxy) is 3. The molecule has 0 aromatic carbocycles. The van der Waals surface area contributed by atoms with Gasteiger partial charge in [-0.3, -0.25) is 0 Å². The third kappa shape index (κ3) is 5.80. The van der Waals surface area contributed by atoms with Gasteiger partial charge in [0, 0.05) is 0 Å². The SMILES string of the molecule is C(OCC1CO1)C1CO1.OC1CCCCC1. The maximum absolute atomic E-state index is 8.91. The molecule has 2 unspecified atom stereocenters. The highest BCUT2D eigenvalue weighted by Gasteiger charge is 2.26. The zero-order valence-corrected chi connectivity index (χ0v) is 9.77. The Morgan fingerprint density at radius 3 is 1.75 bits per heavy atom. The molecule has 3 fully saturated rings. The molecule has 2 aliphatic heterocycles.